The van der Waals surface area contributed by atoms with Crippen molar-refractivity contribution in [3.05, 3.63) is 12.4 Å². The van der Waals surface area contributed by atoms with Gasteiger partial charge in [-0.1, -0.05) is 6.42 Å². The van der Waals surface area contributed by atoms with Gasteiger partial charge in [-0.05, 0) is 32.2 Å². The maximum absolute atomic E-state index is 5.76. The molecular formula is C13H21N5. The van der Waals surface area contributed by atoms with Crippen molar-refractivity contribution in [2.24, 2.45) is 0 Å². The van der Waals surface area contributed by atoms with E-state index in [0.29, 0.717) is 17.9 Å². The Hall–Kier alpha value is -1.36. The summed E-state index contributed by atoms with van der Waals surface area (Å²) in [4.78, 5) is 10.8. The molecule has 1 saturated carbocycles. The van der Waals surface area contributed by atoms with E-state index in [1.165, 1.54) is 32.1 Å². The molecule has 1 aromatic heterocycles. The van der Waals surface area contributed by atoms with E-state index < -0.39 is 0 Å². The van der Waals surface area contributed by atoms with Crippen LogP contribution in [-0.4, -0.2) is 35.1 Å². The summed E-state index contributed by atoms with van der Waals surface area (Å²) in [5.41, 5.74) is 5.76. The highest BCUT2D eigenvalue weighted by Crippen LogP contribution is 2.31. The summed E-state index contributed by atoms with van der Waals surface area (Å²) in [6.07, 6.45) is 8.02. The Morgan fingerprint density at radius 1 is 1.28 bits per heavy atom. The Balaban J connectivity index is 1.71. The highest BCUT2D eigenvalue weighted by Gasteiger charge is 2.32. The zero-order chi connectivity index (χ0) is 12.4. The van der Waals surface area contributed by atoms with Crippen LogP contribution in [0, 0.1) is 0 Å². The third-order valence-corrected chi connectivity index (χ3v) is 3.79. The van der Waals surface area contributed by atoms with Gasteiger partial charge in [-0.15, -0.1) is 0 Å². The van der Waals surface area contributed by atoms with E-state index in [-0.39, 0.29) is 0 Å². The second-order valence-corrected chi connectivity index (χ2v) is 5.33. The summed E-state index contributed by atoms with van der Waals surface area (Å²) in [7, 11) is 0. The predicted molar refractivity (Wildman–Crippen MR) is 72.5 cm³/mol. The number of piperidine rings is 1. The molecule has 1 aliphatic carbocycles. The fraction of sp³-hybridized carbons (Fsp3) is 0.692. The van der Waals surface area contributed by atoms with Gasteiger partial charge in [0, 0.05) is 24.7 Å². The molecule has 3 N–H and O–H groups in total. The third kappa shape index (κ3) is 2.72. The average Bonchev–Trinajstić information content (AvgIpc) is 3.21. The Morgan fingerprint density at radius 2 is 2.17 bits per heavy atom. The summed E-state index contributed by atoms with van der Waals surface area (Å²) in [6.45, 7) is 2.19. The molecule has 1 saturated heterocycles. The van der Waals surface area contributed by atoms with Crippen molar-refractivity contribution in [2.75, 3.05) is 23.7 Å². The van der Waals surface area contributed by atoms with Gasteiger partial charge in [-0.25, -0.2) is 9.97 Å². The van der Waals surface area contributed by atoms with Gasteiger partial charge in [-0.2, -0.15) is 0 Å². The van der Waals surface area contributed by atoms with Crippen LogP contribution in [0.15, 0.2) is 12.4 Å². The van der Waals surface area contributed by atoms with Crippen LogP contribution in [0.2, 0.25) is 0 Å². The number of rotatable bonds is 4. The fourth-order valence-electron chi connectivity index (χ4n) is 2.65. The molecule has 18 heavy (non-hydrogen) atoms. The predicted octanol–water partition coefficient (Wildman–Crippen LogP) is 1.17. The van der Waals surface area contributed by atoms with E-state index in [2.05, 4.69) is 20.2 Å². The summed E-state index contributed by atoms with van der Waals surface area (Å²) in [5, 5.41) is 3.60. The van der Waals surface area contributed by atoms with E-state index >= 15 is 0 Å². The molecule has 0 aromatic carbocycles. The highest BCUT2D eigenvalue weighted by molar-refractivity contribution is 5.48. The van der Waals surface area contributed by atoms with Crippen LogP contribution < -0.4 is 16.0 Å². The zero-order valence-corrected chi connectivity index (χ0v) is 10.7. The fourth-order valence-corrected chi connectivity index (χ4v) is 2.65. The first kappa shape index (κ1) is 11.7. The first-order valence-electron chi connectivity index (χ1n) is 6.90. The van der Waals surface area contributed by atoms with E-state index in [4.69, 9.17) is 5.73 Å². The quantitative estimate of drug-likeness (QED) is 0.836. The molecule has 2 aliphatic rings. The van der Waals surface area contributed by atoms with E-state index in [0.717, 1.165) is 18.9 Å². The van der Waals surface area contributed by atoms with Crippen LogP contribution in [0.25, 0.3) is 0 Å². The van der Waals surface area contributed by atoms with Crippen molar-refractivity contribution >= 4 is 11.6 Å². The monoisotopic (exact) mass is 247 g/mol. The molecule has 0 spiro atoms. The van der Waals surface area contributed by atoms with E-state index in [9.17, 15) is 0 Å². The Morgan fingerprint density at radius 3 is 2.83 bits per heavy atom. The lowest BCUT2D eigenvalue weighted by Gasteiger charge is -2.31. The Bertz CT molecular complexity index is 398. The van der Waals surface area contributed by atoms with Gasteiger partial charge < -0.3 is 16.0 Å². The van der Waals surface area contributed by atoms with Crippen LogP contribution in [0.3, 0.4) is 0 Å². The normalized spacial score (nSPS) is 23.9. The molecule has 3 rings (SSSR count). The summed E-state index contributed by atoms with van der Waals surface area (Å²) in [5.74, 6) is 1.54. The summed E-state index contributed by atoms with van der Waals surface area (Å²) in [6, 6.07) is 3.14. The summed E-state index contributed by atoms with van der Waals surface area (Å²) < 4.78 is 0. The maximum Gasteiger partial charge on any atom is 0.134 e. The van der Waals surface area contributed by atoms with Crippen molar-refractivity contribution < 1.29 is 0 Å². The van der Waals surface area contributed by atoms with Crippen molar-refractivity contribution in [3.8, 4) is 0 Å². The molecule has 1 unspecified atom stereocenters. The van der Waals surface area contributed by atoms with Crippen LogP contribution >= 0.6 is 0 Å². The van der Waals surface area contributed by atoms with Crippen LogP contribution in [0.1, 0.15) is 32.1 Å². The van der Waals surface area contributed by atoms with Crippen LogP contribution in [0.4, 0.5) is 11.6 Å². The van der Waals surface area contributed by atoms with Crippen molar-refractivity contribution in [1.82, 2.24) is 15.3 Å². The standard InChI is InChI=1S/C13H21N5/c14-12-7-13(17-9-16-12)18(11-4-5-11)8-10-3-1-2-6-15-10/h7,9-11,15H,1-6,8H2,(H2,14,16,17). The van der Waals surface area contributed by atoms with Gasteiger partial charge in [0.05, 0.1) is 0 Å². The number of nitrogens with one attached hydrogen (secondary N) is 1. The molecule has 2 fully saturated rings. The number of nitrogen functional groups attached to an aromatic ring is 1. The van der Waals surface area contributed by atoms with E-state index in [1.54, 1.807) is 6.33 Å². The molecule has 1 atom stereocenters. The molecule has 0 amide bonds. The van der Waals surface area contributed by atoms with Gasteiger partial charge in [-0.3, -0.25) is 0 Å². The smallest absolute Gasteiger partial charge is 0.134 e. The molecule has 0 radical (unpaired) electrons. The highest BCUT2D eigenvalue weighted by atomic mass is 15.3. The molecular weight excluding hydrogens is 226 g/mol. The van der Waals surface area contributed by atoms with E-state index in [1.807, 2.05) is 6.07 Å². The first-order valence-corrected chi connectivity index (χ1v) is 6.90. The Labute approximate surface area is 108 Å². The molecule has 5 heteroatoms. The SMILES string of the molecule is Nc1cc(N(CC2CCCCN2)C2CC2)ncn1. The van der Waals surface area contributed by atoms with Crippen molar-refractivity contribution in [3.63, 3.8) is 0 Å². The minimum absolute atomic E-state index is 0.558. The third-order valence-electron chi connectivity index (χ3n) is 3.79. The van der Waals surface area contributed by atoms with Crippen LogP contribution in [0.5, 0.6) is 0 Å². The van der Waals surface area contributed by atoms with Gasteiger partial charge >= 0.3 is 0 Å². The lowest BCUT2D eigenvalue weighted by atomic mass is 10.0. The molecule has 0 bridgehead atoms. The second kappa shape index (κ2) is 5.10. The maximum atomic E-state index is 5.76. The van der Waals surface area contributed by atoms with Gasteiger partial charge in [0.1, 0.15) is 18.0 Å². The number of hydrogen-bond acceptors (Lipinski definition) is 5. The number of nitrogens with zero attached hydrogens (tertiary/aromatic N) is 3. The molecule has 5 nitrogen and oxygen atoms in total. The van der Waals surface area contributed by atoms with Gasteiger partial charge in [0.25, 0.3) is 0 Å². The molecule has 2 heterocycles. The lowest BCUT2D eigenvalue weighted by Crippen LogP contribution is -2.44. The van der Waals surface area contributed by atoms with Gasteiger partial charge in [0.15, 0.2) is 0 Å². The molecule has 1 aliphatic heterocycles. The van der Waals surface area contributed by atoms with Crippen molar-refractivity contribution in [1.29, 1.82) is 0 Å². The molecule has 1 aromatic rings. The molecule has 98 valence electrons. The second-order valence-electron chi connectivity index (χ2n) is 5.33. The Kier molecular flexibility index (Phi) is 3.32. The van der Waals surface area contributed by atoms with Gasteiger partial charge in [0.2, 0.25) is 0 Å². The largest absolute Gasteiger partial charge is 0.384 e. The zero-order valence-electron chi connectivity index (χ0n) is 10.7. The average molecular weight is 247 g/mol. The number of aromatic nitrogens is 2. The number of anilines is 2. The number of nitrogens with two attached hydrogens (primary N) is 1. The topological polar surface area (TPSA) is 67.1 Å². The van der Waals surface area contributed by atoms with Crippen molar-refractivity contribution in [2.45, 2.75) is 44.2 Å². The minimum atomic E-state index is 0.558. The minimum Gasteiger partial charge on any atom is -0.384 e. The lowest BCUT2D eigenvalue weighted by molar-refractivity contribution is 0.397. The number of hydrogen-bond donors (Lipinski definition) is 2. The van der Waals surface area contributed by atoms with Crippen LogP contribution in [-0.2, 0) is 0 Å². The summed E-state index contributed by atoms with van der Waals surface area (Å²) >= 11 is 0. The first-order chi connectivity index (χ1) is 8.83.